The highest BCUT2D eigenvalue weighted by Gasteiger charge is 2.26. The van der Waals surface area contributed by atoms with E-state index in [-0.39, 0.29) is 22.6 Å². The predicted octanol–water partition coefficient (Wildman–Crippen LogP) is 3.99. The number of amides is 1. The number of benzene rings is 1. The van der Waals surface area contributed by atoms with Gasteiger partial charge in [0.15, 0.2) is 0 Å². The molecule has 4 rings (SSSR count). The van der Waals surface area contributed by atoms with Crippen molar-refractivity contribution in [2.45, 2.75) is 19.4 Å². The Bertz CT molecular complexity index is 1160. The molecule has 30 heavy (non-hydrogen) atoms. The van der Waals surface area contributed by atoms with Gasteiger partial charge in [-0.2, -0.15) is 5.10 Å². The number of hydrogen-bond donors (Lipinski definition) is 1. The normalized spacial score (nSPS) is 15.5. The summed E-state index contributed by atoms with van der Waals surface area (Å²) in [6.45, 7) is 2.94. The molecular weight excluding hydrogens is 407 g/mol. The lowest BCUT2D eigenvalue weighted by molar-refractivity contribution is 0.101. The van der Waals surface area contributed by atoms with Gasteiger partial charge in [-0.05, 0) is 43.2 Å². The van der Waals surface area contributed by atoms with Crippen molar-refractivity contribution in [3.63, 3.8) is 0 Å². The van der Waals surface area contributed by atoms with Gasteiger partial charge < -0.3 is 10.1 Å². The number of nitrogens with one attached hydrogen (secondary N) is 1. The first-order valence-electron chi connectivity index (χ1n) is 9.37. The van der Waals surface area contributed by atoms with E-state index in [0.717, 1.165) is 12.0 Å². The second kappa shape index (κ2) is 8.66. The van der Waals surface area contributed by atoms with Gasteiger partial charge in [0, 0.05) is 23.9 Å². The van der Waals surface area contributed by atoms with Gasteiger partial charge in [-0.3, -0.25) is 9.48 Å². The third kappa shape index (κ3) is 4.35. The molecule has 1 amide bonds. The van der Waals surface area contributed by atoms with Crippen LogP contribution in [0.1, 0.15) is 39.6 Å². The number of carbonyl (C=O) groups is 1. The summed E-state index contributed by atoms with van der Waals surface area (Å²) < 4.78 is 20.3. The fourth-order valence-electron chi connectivity index (χ4n) is 3.20. The van der Waals surface area contributed by atoms with Gasteiger partial charge in [0.1, 0.15) is 17.3 Å². The minimum atomic E-state index is -0.390. The number of carbonyl (C=O) groups excluding carboxylic acids is 1. The van der Waals surface area contributed by atoms with Crippen LogP contribution in [0.3, 0.4) is 0 Å². The monoisotopic (exact) mass is 424 g/mol. The molecule has 1 unspecified atom stereocenters. The van der Waals surface area contributed by atoms with E-state index in [0.29, 0.717) is 30.2 Å². The van der Waals surface area contributed by atoms with Gasteiger partial charge in [-0.1, -0.05) is 29.5 Å². The molecule has 152 valence electrons. The first kappa shape index (κ1) is 20.1. The number of aromatic nitrogens is 3. The quantitative estimate of drug-likeness (QED) is 0.645. The van der Waals surface area contributed by atoms with Crippen molar-refractivity contribution in [1.82, 2.24) is 14.8 Å². The highest BCUT2D eigenvalue weighted by Crippen LogP contribution is 2.25. The van der Waals surface area contributed by atoms with Gasteiger partial charge in [0.05, 0.1) is 23.9 Å². The van der Waals surface area contributed by atoms with Crippen LogP contribution in [-0.2, 0) is 4.74 Å². The molecule has 1 aliphatic rings. The number of hydrogen-bond acceptors (Lipinski definition) is 4. The van der Waals surface area contributed by atoms with Crippen LogP contribution in [0, 0.1) is 24.6 Å². The molecular formula is C22H18ClFN4O2. The Labute approximate surface area is 178 Å². The van der Waals surface area contributed by atoms with Crippen LogP contribution < -0.4 is 5.32 Å². The summed E-state index contributed by atoms with van der Waals surface area (Å²) in [5.41, 5.74) is 2.24. The van der Waals surface area contributed by atoms with Gasteiger partial charge in [0.2, 0.25) is 0 Å². The number of nitrogens with zero attached hydrogens (tertiary/aromatic N) is 3. The van der Waals surface area contributed by atoms with Crippen molar-refractivity contribution in [1.29, 1.82) is 0 Å². The minimum Gasteiger partial charge on any atom is -0.379 e. The molecule has 8 heteroatoms. The number of rotatable bonds is 3. The topological polar surface area (TPSA) is 69.0 Å². The Kier molecular flexibility index (Phi) is 5.79. The molecule has 1 fully saturated rings. The lowest BCUT2D eigenvalue weighted by Gasteiger charge is -2.13. The van der Waals surface area contributed by atoms with Crippen molar-refractivity contribution < 1.29 is 13.9 Å². The number of aryl methyl sites for hydroxylation is 1. The van der Waals surface area contributed by atoms with Crippen molar-refractivity contribution in [2.24, 2.45) is 0 Å². The molecule has 0 spiro atoms. The number of anilines is 1. The van der Waals surface area contributed by atoms with Crippen molar-refractivity contribution in [2.75, 3.05) is 18.5 Å². The maximum atomic E-state index is 13.3. The molecule has 3 heterocycles. The molecule has 2 aromatic heterocycles. The molecule has 0 saturated carbocycles. The third-order valence-corrected chi connectivity index (χ3v) is 4.98. The molecule has 3 aromatic rings. The molecule has 1 aromatic carbocycles. The second-order valence-electron chi connectivity index (χ2n) is 6.91. The molecule has 1 saturated heterocycles. The largest absolute Gasteiger partial charge is 0.379 e. The Morgan fingerprint density at radius 1 is 1.30 bits per heavy atom. The Balaban J connectivity index is 1.52. The fourth-order valence-corrected chi connectivity index (χ4v) is 3.41. The van der Waals surface area contributed by atoms with Crippen LogP contribution in [0.15, 0.2) is 42.7 Å². The average Bonchev–Trinajstić information content (AvgIpc) is 3.38. The number of ether oxygens (including phenoxy) is 1. The fraction of sp³-hybridized carbons (Fsp3) is 0.227. The highest BCUT2D eigenvalue weighted by molar-refractivity contribution is 6.34. The van der Waals surface area contributed by atoms with E-state index in [9.17, 15) is 9.18 Å². The third-order valence-electron chi connectivity index (χ3n) is 4.70. The van der Waals surface area contributed by atoms with Gasteiger partial charge in [0.25, 0.3) is 5.91 Å². The Morgan fingerprint density at radius 3 is 2.87 bits per heavy atom. The van der Waals surface area contributed by atoms with Crippen molar-refractivity contribution in [3.8, 4) is 11.8 Å². The second-order valence-corrected chi connectivity index (χ2v) is 7.31. The predicted molar refractivity (Wildman–Crippen MR) is 111 cm³/mol. The van der Waals surface area contributed by atoms with Crippen LogP contribution in [0.25, 0.3) is 0 Å². The molecule has 0 bridgehead atoms. The van der Waals surface area contributed by atoms with E-state index in [1.807, 2.05) is 6.92 Å². The summed E-state index contributed by atoms with van der Waals surface area (Å²) in [6, 6.07) is 7.85. The van der Waals surface area contributed by atoms with E-state index < -0.39 is 5.91 Å². The van der Waals surface area contributed by atoms with E-state index in [4.69, 9.17) is 16.3 Å². The molecule has 1 aliphatic heterocycles. The summed E-state index contributed by atoms with van der Waals surface area (Å²) >= 11 is 6.21. The van der Waals surface area contributed by atoms with Crippen molar-refractivity contribution >= 4 is 23.3 Å². The molecule has 6 nitrogen and oxygen atoms in total. The van der Waals surface area contributed by atoms with Gasteiger partial charge >= 0.3 is 0 Å². The van der Waals surface area contributed by atoms with E-state index in [2.05, 4.69) is 27.2 Å². The van der Waals surface area contributed by atoms with E-state index in [1.165, 1.54) is 18.3 Å². The van der Waals surface area contributed by atoms with Crippen LogP contribution in [0.5, 0.6) is 0 Å². The van der Waals surface area contributed by atoms with Crippen LogP contribution in [0.2, 0.25) is 5.02 Å². The summed E-state index contributed by atoms with van der Waals surface area (Å²) in [5, 5.41) is 7.30. The number of pyridine rings is 1. The van der Waals surface area contributed by atoms with Crippen LogP contribution >= 0.6 is 11.6 Å². The minimum absolute atomic E-state index is 0.0206. The lowest BCUT2D eigenvalue weighted by atomic mass is 10.1. The zero-order valence-corrected chi connectivity index (χ0v) is 16.9. The van der Waals surface area contributed by atoms with Gasteiger partial charge in [-0.25, -0.2) is 9.37 Å². The van der Waals surface area contributed by atoms with Crippen LogP contribution in [0.4, 0.5) is 10.2 Å². The zero-order chi connectivity index (χ0) is 21.1. The van der Waals surface area contributed by atoms with Gasteiger partial charge in [-0.15, -0.1) is 0 Å². The van der Waals surface area contributed by atoms with E-state index in [1.54, 1.807) is 29.1 Å². The van der Waals surface area contributed by atoms with E-state index >= 15 is 0 Å². The van der Waals surface area contributed by atoms with Crippen molar-refractivity contribution in [3.05, 3.63) is 75.9 Å². The SMILES string of the molecule is Cc1cc(C#Cc2cccc(F)c2)cnc1NC(=O)c1c(Cl)cnn1C1CCOC1. The first-order valence-corrected chi connectivity index (χ1v) is 9.75. The Hall–Kier alpha value is -3.21. The summed E-state index contributed by atoms with van der Waals surface area (Å²) in [5.74, 6) is 5.53. The summed E-state index contributed by atoms with van der Waals surface area (Å²) in [7, 11) is 0. The lowest BCUT2D eigenvalue weighted by Crippen LogP contribution is -2.22. The molecule has 0 aliphatic carbocycles. The standard InChI is InChI=1S/C22H18ClFN4O2/c1-14-9-16(6-5-15-3-2-4-17(24)10-15)11-25-21(14)27-22(29)20-19(23)12-26-28(20)18-7-8-30-13-18/h2-4,9-12,18H,7-8,13H2,1H3,(H,25,27,29). The maximum absolute atomic E-state index is 13.3. The highest BCUT2D eigenvalue weighted by atomic mass is 35.5. The summed E-state index contributed by atoms with van der Waals surface area (Å²) in [6.07, 6.45) is 3.78. The molecule has 0 radical (unpaired) electrons. The molecule has 1 N–H and O–H groups in total. The maximum Gasteiger partial charge on any atom is 0.276 e. The average molecular weight is 425 g/mol. The summed E-state index contributed by atoms with van der Waals surface area (Å²) in [4.78, 5) is 17.2. The zero-order valence-electron chi connectivity index (χ0n) is 16.2. The Morgan fingerprint density at radius 2 is 2.13 bits per heavy atom. The molecule has 1 atom stereocenters. The smallest absolute Gasteiger partial charge is 0.276 e. The number of halogens is 2. The first-order chi connectivity index (χ1) is 14.5. The van der Waals surface area contributed by atoms with Crippen LogP contribution in [-0.4, -0.2) is 33.9 Å².